The fourth-order valence-corrected chi connectivity index (χ4v) is 7.98. The maximum Gasteiger partial charge on any atom is 0.339 e. The van der Waals surface area contributed by atoms with E-state index in [1.165, 1.54) is 4.90 Å². The number of anilines is 1. The minimum atomic E-state index is -1.00. The van der Waals surface area contributed by atoms with Crippen LogP contribution in [0, 0.1) is 42.4 Å². The average molecular weight is 617 g/mol. The Labute approximate surface area is 264 Å². The van der Waals surface area contributed by atoms with Crippen molar-refractivity contribution in [3.05, 3.63) is 107 Å². The normalized spacial score (nSPS) is 26.5. The maximum absolute atomic E-state index is 13.6. The van der Waals surface area contributed by atoms with Crippen LogP contribution in [0.4, 0.5) is 5.69 Å². The minimum absolute atomic E-state index is 0.110. The molecule has 0 spiro atoms. The number of carbonyl (C=O) groups excluding carboxylic acids is 4. The molecule has 8 heteroatoms. The van der Waals surface area contributed by atoms with E-state index in [1.54, 1.807) is 73.7 Å². The number of hydrogen-bond acceptors (Lipinski definition) is 6. The molecular formula is C37H29ClN2O5. The monoisotopic (exact) mass is 616 g/mol. The van der Waals surface area contributed by atoms with Crippen LogP contribution in [-0.4, -0.2) is 34.7 Å². The van der Waals surface area contributed by atoms with Gasteiger partial charge in [-0.15, -0.1) is 0 Å². The summed E-state index contributed by atoms with van der Waals surface area (Å²) in [6, 6.07) is 20.9. The van der Waals surface area contributed by atoms with Gasteiger partial charge in [0.05, 0.1) is 34.3 Å². The molecule has 3 fully saturated rings. The molecule has 2 heterocycles. The van der Waals surface area contributed by atoms with Crippen molar-refractivity contribution in [1.82, 2.24) is 4.98 Å². The van der Waals surface area contributed by atoms with Gasteiger partial charge in [-0.1, -0.05) is 72.3 Å². The molecule has 7 nitrogen and oxygen atoms in total. The number of imide groups is 1. The summed E-state index contributed by atoms with van der Waals surface area (Å²) in [4.78, 5) is 59.9. The molecule has 1 saturated heterocycles. The van der Waals surface area contributed by atoms with Crippen molar-refractivity contribution in [2.24, 2.45) is 35.5 Å². The van der Waals surface area contributed by atoms with Crippen LogP contribution in [0.2, 0.25) is 5.02 Å². The van der Waals surface area contributed by atoms with Crippen LogP contribution in [0.5, 0.6) is 0 Å². The molecule has 0 radical (unpaired) electrons. The molecule has 224 valence electrons. The molecule has 7 atom stereocenters. The summed E-state index contributed by atoms with van der Waals surface area (Å²) in [7, 11) is 0. The molecule has 4 aromatic rings. The highest BCUT2D eigenvalue weighted by molar-refractivity contribution is 6.32. The van der Waals surface area contributed by atoms with Gasteiger partial charge >= 0.3 is 5.97 Å². The highest BCUT2D eigenvalue weighted by atomic mass is 35.5. The van der Waals surface area contributed by atoms with Crippen molar-refractivity contribution in [1.29, 1.82) is 0 Å². The maximum atomic E-state index is 13.6. The molecule has 5 aliphatic rings. The fraction of sp³-hybridized carbons (Fsp3) is 0.270. The second-order valence-corrected chi connectivity index (χ2v) is 13.0. The number of ketones is 1. The Morgan fingerprint density at radius 2 is 1.56 bits per heavy atom. The van der Waals surface area contributed by atoms with Crippen molar-refractivity contribution in [3.8, 4) is 11.3 Å². The molecule has 3 aromatic carbocycles. The number of fused-ring (bicyclic) bond motifs is 1. The van der Waals surface area contributed by atoms with Gasteiger partial charge in [-0.2, -0.15) is 0 Å². The van der Waals surface area contributed by atoms with Gasteiger partial charge in [-0.25, -0.2) is 9.78 Å². The molecule has 45 heavy (non-hydrogen) atoms. The summed E-state index contributed by atoms with van der Waals surface area (Å²) in [5.74, 6) is -0.321. The molecule has 0 N–H and O–H groups in total. The number of benzene rings is 3. The van der Waals surface area contributed by atoms with E-state index in [9.17, 15) is 19.2 Å². The molecule has 2 saturated carbocycles. The lowest BCUT2D eigenvalue weighted by Gasteiger charge is -2.37. The second kappa shape index (κ2) is 10.2. The zero-order valence-electron chi connectivity index (χ0n) is 24.6. The highest BCUT2D eigenvalue weighted by Crippen LogP contribution is 2.65. The zero-order valence-corrected chi connectivity index (χ0v) is 25.4. The lowest BCUT2D eigenvalue weighted by atomic mass is 9.63. The first-order valence-corrected chi connectivity index (χ1v) is 15.7. The number of carbonyl (C=O) groups is 4. The summed E-state index contributed by atoms with van der Waals surface area (Å²) in [6.07, 6.45) is 4.44. The van der Waals surface area contributed by atoms with E-state index in [0.29, 0.717) is 55.8 Å². The van der Waals surface area contributed by atoms with Crippen LogP contribution >= 0.6 is 11.6 Å². The number of esters is 1. The van der Waals surface area contributed by atoms with E-state index >= 15 is 0 Å². The van der Waals surface area contributed by atoms with Gasteiger partial charge in [-0.05, 0) is 73.8 Å². The van der Waals surface area contributed by atoms with E-state index in [-0.39, 0.29) is 46.8 Å². The summed E-state index contributed by atoms with van der Waals surface area (Å²) in [5.41, 5.74) is 3.65. The SMILES string of the molecule is Cc1c(Cl)ccc2c(C(=O)OC(C)C(=O)c3ccccc3)cc(-c3ccc(N4C(=O)C5C6C=CC(C7CC67)C5C4=O)cc3)nc12. The van der Waals surface area contributed by atoms with Crippen molar-refractivity contribution < 1.29 is 23.9 Å². The molecule has 2 amide bonds. The number of Topliss-reactive ketones (excluding diaryl/α,β-unsaturated/α-hetero) is 1. The molecule has 2 bridgehead atoms. The number of nitrogens with zero attached hydrogens (tertiary/aromatic N) is 2. The quantitative estimate of drug-likeness (QED) is 0.102. The Morgan fingerprint density at radius 3 is 2.20 bits per heavy atom. The fourth-order valence-electron chi connectivity index (χ4n) is 7.83. The van der Waals surface area contributed by atoms with Crippen molar-refractivity contribution in [2.75, 3.05) is 4.90 Å². The molecular weight excluding hydrogens is 588 g/mol. The van der Waals surface area contributed by atoms with Gasteiger partial charge in [-0.3, -0.25) is 19.3 Å². The van der Waals surface area contributed by atoms with E-state index in [4.69, 9.17) is 21.3 Å². The van der Waals surface area contributed by atoms with Crippen LogP contribution in [0.15, 0.2) is 84.9 Å². The number of hydrogen-bond donors (Lipinski definition) is 0. The first-order valence-electron chi connectivity index (χ1n) is 15.3. The standard InChI is InChI=1S/C37H29ClN2O5/c1-18-29(38)15-14-25-28(37(44)45-19(2)34(41)21-6-4-3-5-7-21)17-30(39-33(18)25)20-8-10-22(11-9-20)40-35(42)31-23-12-13-24(27-16-26(23)27)32(31)36(40)43/h3-15,17,19,23-24,26-27,31-32H,16H2,1-2H3. The van der Waals surface area contributed by atoms with Crippen LogP contribution in [0.25, 0.3) is 22.2 Å². The van der Waals surface area contributed by atoms with Gasteiger partial charge in [0.25, 0.3) is 0 Å². The lowest BCUT2D eigenvalue weighted by Crippen LogP contribution is -2.40. The van der Waals surface area contributed by atoms with Gasteiger partial charge in [0.15, 0.2) is 6.10 Å². The Morgan fingerprint density at radius 1 is 0.911 bits per heavy atom. The smallest absolute Gasteiger partial charge is 0.339 e. The van der Waals surface area contributed by atoms with E-state index < -0.39 is 12.1 Å². The first-order chi connectivity index (χ1) is 21.7. The van der Waals surface area contributed by atoms with Crippen molar-refractivity contribution in [3.63, 3.8) is 0 Å². The lowest BCUT2D eigenvalue weighted by molar-refractivity contribution is -0.124. The van der Waals surface area contributed by atoms with Gasteiger partial charge < -0.3 is 4.74 Å². The van der Waals surface area contributed by atoms with Gasteiger partial charge in [0.1, 0.15) is 0 Å². The third-order valence-electron chi connectivity index (χ3n) is 10.2. The number of aromatic nitrogens is 1. The first kappa shape index (κ1) is 27.9. The number of pyridine rings is 1. The number of ether oxygens (including phenoxy) is 1. The number of aryl methyl sites for hydroxylation is 1. The third kappa shape index (κ3) is 4.28. The largest absolute Gasteiger partial charge is 0.451 e. The number of rotatable bonds is 6. The summed E-state index contributed by atoms with van der Waals surface area (Å²) in [6.45, 7) is 3.39. The van der Waals surface area contributed by atoms with Crippen LogP contribution in [0.1, 0.15) is 39.6 Å². The summed E-state index contributed by atoms with van der Waals surface area (Å²) < 4.78 is 5.68. The van der Waals surface area contributed by atoms with Crippen molar-refractivity contribution >= 4 is 51.8 Å². The van der Waals surface area contributed by atoms with Crippen LogP contribution in [-0.2, 0) is 14.3 Å². The average Bonchev–Trinajstić information content (AvgIpc) is 3.85. The summed E-state index contributed by atoms with van der Waals surface area (Å²) in [5, 5.41) is 1.06. The van der Waals surface area contributed by atoms with E-state index in [2.05, 4.69) is 12.2 Å². The van der Waals surface area contributed by atoms with Crippen molar-refractivity contribution in [2.45, 2.75) is 26.4 Å². The molecule has 4 aliphatic carbocycles. The van der Waals surface area contributed by atoms with Crippen LogP contribution < -0.4 is 4.90 Å². The Balaban J connectivity index is 1.11. The Hall–Kier alpha value is -4.62. The molecule has 1 aliphatic heterocycles. The topological polar surface area (TPSA) is 93.6 Å². The number of allylic oxidation sites excluding steroid dienone is 2. The number of halogens is 1. The second-order valence-electron chi connectivity index (χ2n) is 12.6. The third-order valence-corrected chi connectivity index (χ3v) is 10.6. The molecule has 7 unspecified atom stereocenters. The molecule has 9 rings (SSSR count). The predicted molar refractivity (Wildman–Crippen MR) is 170 cm³/mol. The highest BCUT2D eigenvalue weighted by Gasteiger charge is 2.67. The predicted octanol–water partition coefficient (Wildman–Crippen LogP) is 6.85. The summed E-state index contributed by atoms with van der Waals surface area (Å²) >= 11 is 6.45. The Bertz CT molecular complexity index is 1930. The van der Waals surface area contributed by atoms with E-state index in [0.717, 1.165) is 6.42 Å². The zero-order chi connectivity index (χ0) is 31.1. The minimum Gasteiger partial charge on any atom is -0.451 e. The van der Waals surface area contributed by atoms with Gasteiger partial charge in [0.2, 0.25) is 17.6 Å². The van der Waals surface area contributed by atoms with Gasteiger partial charge in [0, 0.05) is 21.5 Å². The molecule has 1 aromatic heterocycles. The van der Waals surface area contributed by atoms with Crippen LogP contribution in [0.3, 0.4) is 0 Å². The number of amides is 2. The van der Waals surface area contributed by atoms with E-state index in [1.807, 2.05) is 13.0 Å². The Kier molecular flexibility index (Phi) is 6.33.